The normalized spacial score (nSPS) is 11.5. The van der Waals surface area contributed by atoms with Crippen molar-refractivity contribution in [3.05, 3.63) is 65.6 Å². The largest absolute Gasteiger partial charge is 0.297 e. The highest BCUT2D eigenvalue weighted by Gasteiger charge is 2.07. The Hall–Kier alpha value is -3.06. The van der Waals surface area contributed by atoms with E-state index in [2.05, 4.69) is 20.5 Å². The second-order valence-corrected chi connectivity index (χ2v) is 6.12. The van der Waals surface area contributed by atoms with Crippen LogP contribution in [0, 0.1) is 0 Å². The third-order valence-corrected chi connectivity index (χ3v) is 4.29. The Bertz CT molecular complexity index is 1020. The zero-order chi connectivity index (χ0) is 16.4. The van der Waals surface area contributed by atoms with Crippen molar-refractivity contribution in [1.29, 1.82) is 0 Å². The van der Waals surface area contributed by atoms with Crippen LogP contribution in [0.4, 0.5) is 0 Å². The van der Waals surface area contributed by atoms with E-state index in [1.54, 1.807) is 12.4 Å². The number of carbonyl (C=O) groups excluding carboxylic acids is 1. The summed E-state index contributed by atoms with van der Waals surface area (Å²) in [5.41, 5.74) is 5.09. The second kappa shape index (κ2) is 6.21. The number of rotatable bonds is 4. The van der Waals surface area contributed by atoms with Gasteiger partial charge in [-0.05, 0) is 23.8 Å². The van der Waals surface area contributed by atoms with Crippen molar-refractivity contribution in [2.24, 2.45) is 5.10 Å². The molecule has 0 bridgehead atoms. The van der Waals surface area contributed by atoms with Gasteiger partial charge < -0.3 is 0 Å². The van der Waals surface area contributed by atoms with E-state index in [-0.39, 0.29) is 12.3 Å². The summed E-state index contributed by atoms with van der Waals surface area (Å²) in [5.74, 6) is -0.195. The molecule has 1 N–H and O–H groups in total. The molecule has 0 aliphatic rings. The Morgan fingerprint density at radius 2 is 2.33 bits per heavy atom. The van der Waals surface area contributed by atoms with E-state index < -0.39 is 0 Å². The maximum absolute atomic E-state index is 11.9. The van der Waals surface area contributed by atoms with Crippen LogP contribution in [-0.4, -0.2) is 26.5 Å². The zero-order valence-corrected chi connectivity index (χ0v) is 13.4. The van der Waals surface area contributed by atoms with Crippen molar-refractivity contribution in [2.75, 3.05) is 0 Å². The lowest BCUT2D eigenvalue weighted by Gasteiger charge is -1.99. The van der Waals surface area contributed by atoms with E-state index in [1.165, 1.54) is 11.3 Å². The van der Waals surface area contributed by atoms with Crippen molar-refractivity contribution < 1.29 is 4.79 Å². The van der Waals surface area contributed by atoms with Gasteiger partial charge in [-0.15, -0.1) is 11.3 Å². The Labute approximate surface area is 141 Å². The quantitative estimate of drug-likeness (QED) is 0.460. The molecule has 0 saturated heterocycles. The monoisotopic (exact) mass is 335 g/mol. The van der Waals surface area contributed by atoms with Gasteiger partial charge in [0.15, 0.2) is 4.96 Å². The topological polar surface area (TPSA) is 71.7 Å². The number of nitrogens with one attached hydrogen (secondary N) is 1. The molecule has 0 aliphatic carbocycles. The van der Waals surface area contributed by atoms with Crippen LogP contribution in [0.5, 0.6) is 0 Å². The van der Waals surface area contributed by atoms with Crippen LogP contribution < -0.4 is 5.43 Å². The minimum Gasteiger partial charge on any atom is -0.297 e. The molecule has 3 aromatic heterocycles. The number of imidazole rings is 1. The number of hydrogen-bond acceptors (Lipinski definition) is 5. The summed E-state index contributed by atoms with van der Waals surface area (Å²) in [7, 11) is 0. The van der Waals surface area contributed by atoms with Gasteiger partial charge in [-0.2, -0.15) is 5.10 Å². The van der Waals surface area contributed by atoms with Gasteiger partial charge >= 0.3 is 0 Å². The molecule has 0 fully saturated rings. The first-order valence-corrected chi connectivity index (χ1v) is 8.24. The standard InChI is InChI=1S/C17H13N5OS/c23-16(9-14-11-22-6-7-24-17(22)20-14)21-19-10-12-3-4-15-13(8-12)2-1-5-18-15/h1-8,10-11H,9H2,(H,21,23)/b19-10+. The molecular weight excluding hydrogens is 322 g/mol. The first-order chi connectivity index (χ1) is 11.8. The number of thiazole rings is 1. The highest BCUT2D eigenvalue weighted by molar-refractivity contribution is 7.15. The summed E-state index contributed by atoms with van der Waals surface area (Å²) >= 11 is 1.54. The number of nitrogens with zero attached hydrogens (tertiary/aromatic N) is 4. The van der Waals surface area contributed by atoms with E-state index in [0.717, 1.165) is 27.1 Å². The van der Waals surface area contributed by atoms with Crippen LogP contribution in [0.3, 0.4) is 0 Å². The summed E-state index contributed by atoms with van der Waals surface area (Å²) in [6.45, 7) is 0. The van der Waals surface area contributed by atoms with Crippen LogP contribution in [0.25, 0.3) is 15.9 Å². The van der Waals surface area contributed by atoms with E-state index >= 15 is 0 Å². The van der Waals surface area contributed by atoms with Gasteiger partial charge in [0.2, 0.25) is 5.91 Å². The summed E-state index contributed by atoms with van der Waals surface area (Å²) in [5, 5.41) is 7.00. The predicted octanol–water partition coefficient (Wildman–Crippen LogP) is 2.64. The number of amides is 1. The molecule has 1 amide bonds. The van der Waals surface area contributed by atoms with Crippen molar-refractivity contribution in [2.45, 2.75) is 6.42 Å². The van der Waals surface area contributed by atoms with Crippen molar-refractivity contribution >= 4 is 39.3 Å². The van der Waals surface area contributed by atoms with Crippen molar-refractivity contribution in [3.63, 3.8) is 0 Å². The number of benzene rings is 1. The van der Waals surface area contributed by atoms with Gasteiger partial charge in [-0.3, -0.25) is 14.2 Å². The summed E-state index contributed by atoms with van der Waals surface area (Å²) < 4.78 is 1.90. The molecule has 4 rings (SSSR count). The Kier molecular flexibility index (Phi) is 3.76. The predicted molar refractivity (Wildman–Crippen MR) is 94.3 cm³/mol. The molecule has 7 heteroatoms. The Morgan fingerprint density at radius 1 is 1.38 bits per heavy atom. The zero-order valence-electron chi connectivity index (χ0n) is 12.6. The van der Waals surface area contributed by atoms with E-state index in [0.29, 0.717) is 0 Å². The van der Waals surface area contributed by atoms with E-state index in [1.807, 2.05) is 52.5 Å². The molecule has 0 saturated carbocycles. The molecule has 0 atom stereocenters. The maximum atomic E-state index is 11.9. The highest BCUT2D eigenvalue weighted by Crippen LogP contribution is 2.12. The number of carbonyl (C=O) groups is 1. The van der Waals surface area contributed by atoms with Crippen LogP contribution in [-0.2, 0) is 11.2 Å². The Morgan fingerprint density at radius 3 is 3.25 bits per heavy atom. The lowest BCUT2D eigenvalue weighted by Crippen LogP contribution is -2.19. The summed E-state index contributed by atoms with van der Waals surface area (Å²) in [6, 6.07) is 9.69. The number of hydrogen-bond donors (Lipinski definition) is 1. The third-order valence-electron chi connectivity index (χ3n) is 3.51. The van der Waals surface area contributed by atoms with Crippen molar-refractivity contribution in [3.8, 4) is 0 Å². The van der Waals surface area contributed by atoms with Crippen molar-refractivity contribution in [1.82, 2.24) is 19.8 Å². The number of pyridine rings is 1. The van der Waals surface area contributed by atoms with Crippen LogP contribution in [0.15, 0.2) is 59.4 Å². The first-order valence-electron chi connectivity index (χ1n) is 7.36. The molecule has 6 nitrogen and oxygen atoms in total. The van der Waals surface area contributed by atoms with E-state index in [9.17, 15) is 4.79 Å². The number of fused-ring (bicyclic) bond motifs is 2. The van der Waals surface area contributed by atoms with Crippen LogP contribution in [0.1, 0.15) is 11.3 Å². The summed E-state index contributed by atoms with van der Waals surface area (Å²) in [6.07, 6.45) is 7.35. The molecule has 24 heavy (non-hydrogen) atoms. The third kappa shape index (κ3) is 3.02. The average molecular weight is 335 g/mol. The smallest absolute Gasteiger partial charge is 0.246 e. The fraction of sp³-hybridized carbons (Fsp3) is 0.0588. The molecule has 0 spiro atoms. The lowest BCUT2D eigenvalue weighted by molar-refractivity contribution is -0.120. The summed E-state index contributed by atoms with van der Waals surface area (Å²) in [4.78, 5) is 21.5. The van der Waals surface area contributed by atoms with Gasteiger partial charge in [-0.1, -0.05) is 12.1 Å². The van der Waals surface area contributed by atoms with Gasteiger partial charge in [-0.25, -0.2) is 10.4 Å². The highest BCUT2D eigenvalue weighted by atomic mass is 32.1. The first kappa shape index (κ1) is 14.5. The molecule has 1 aromatic carbocycles. The lowest BCUT2D eigenvalue weighted by atomic mass is 10.1. The van der Waals surface area contributed by atoms with E-state index in [4.69, 9.17) is 0 Å². The van der Waals surface area contributed by atoms with Gasteiger partial charge in [0, 0.05) is 29.4 Å². The molecule has 3 heterocycles. The molecule has 0 radical (unpaired) electrons. The van der Waals surface area contributed by atoms with Gasteiger partial charge in [0.05, 0.1) is 23.8 Å². The molecule has 118 valence electrons. The number of hydrazone groups is 1. The molecular formula is C17H13N5OS. The fourth-order valence-electron chi connectivity index (χ4n) is 2.42. The fourth-order valence-corrected chi connectivity index (χ4v) is 3.14. The SMILES string of the molecule is O=C(Cc1cn2ccsc2n1)N/N=C/c1ccc2ncccc2c1. The minimum absolute atomic E-state index is 0.195. The molecule has 0 unspecified atom stereocenters. The maximum Gasteiger partial charge on any atom is 0.246 e. The molecule has 4 aromatic rings. The average Bonchev–Trinajstić information content (AvgIpc) is 3.16. The molecule has 0 aliphatic heterocycles. The number of aromatic nitrogens is 3. The Balaban J connectivity index is 1.40. The van der Waals surface area contributed by atoms with Gasteiger partial charge in [0.25, 0.3) is 0 Å². The van der Waals surface area contributed by atoms with Gasteiger partial charge in [0.1, 0.15) is 0 Å². The minimum atomic E-state index is -0.195. The van der Waals surface area contributed by atoms with Crippen LogP contribution in [0.2, 0.25) is 0 Å². The van der Waals surface area contributed by atoms with Crippen LogP contribution >= 0.6 is 11.3 Å². The second-order valence-electron chi connectivity index (χ2n) is 5.25.